The summed E-state index contributed by atoms with van der Waals surface area (Å²) in [5.74, 6) is -0.435. The van der Waals surface area contributed by atoms with Crippen LogP contribution in [0, 0.1) is 11.7 Å². The van der Waals surface area contributed by atoms with E-state index in [0.29, 0.717) is 29.4 Å². The summed E-state index contributed by atoms with van der Waals surface area (Å²) < 4.78 is 19.0. The van der Waals surface area contributed by atoms with Crippen LogP contribution < -0.4 is 0 Å². The minimum atomic E-state index is -0.361. The highest BCUT2D eigenvalue weighted by Crippen LogP contribution is 2.34. The summed E-state index contributed by atoms with van der Waals surface area (Å²) in [5.41, 5.74) is 1.46. The number of nitrogens with zero attached hydrogens (tertiary/aromatic N) is 2. The number of carbonyl (C=O) groups is 2. The molecule has 1 aromatic carbocycles. The third kappa shape index (κ3) is 3.50. The van der Waals surface area contributed by atoms with Crippen LogP contribution in [-0.4, -0.2) is 54.0 Å². The van der Waals surface area contributed by atoms with Gasteiger partial charge in [-0.2, -0.15) is 0 Å². The number of hydrogen-bond acceptors (Lipinski definition) is 4. The summed E-state index contributed by atoms with van der Waals surface area (Å²) >= 11 is 0. The number of halogens is 1. The van der Waals surface area contributed by atoms with Crippen molar-refractivity contribution in [3.8, 4) is 0 Å². The number of piperidine rings is 1. The van der Waals surface area contributed by atoms with Gasteiger partial charge in [0.25, 0.3) is 11.8 Å². The molecule has 3 aliphatic rings. The van der Waals surface area contributed by atoms with E-state index in [1.807, 2.05) is 4.90 Å². The fraction of sp³-hybridized carbons (Fsp3) is 0.524. The number of carbonyl (C=O) groups excluding carboxylic acids is 2. The molecule has 27 heavy (non-hydrogen) atoms. The van der Waals surface area contributed by atoms with Gasteiger partial charge in [0.1, 0.15) is 11.5 Å². The van der Waals surface area contributed by atoms with Gasteiger partial charge in [0.15, 0.2) is 0 Å². The van der Waals surface area contributed by atoms with E-state index < -0.39 is 0 Å². The molecular formula is C21H25FN2O3. The average Bonchev–Trinajstić information content (AvgIpc) is 3.25. The molecule has 0 N–H and O–H groups in total. The highest BCUT2D eigenvalue weighted by molar-refractivity contribution is 6.35. The Bertz CT molecular complexity index is 768. The van der Waals surface area contributed by atoms with E-state index in [1.165, 1.54) is 17.0 Å². The van der Waals surface area contributed by atoms with E-state index in [0.717, 1.165) is 38.8 Å². The number of likely N-dealkylation sites (tertiary alicyclic amines) is 1. The smallest absolute Gasteiger partial charge is 0.277 e. The summed E-state index contributed by atoms with van der Waals surface area (Å²) in [6, 6.07) is 5.83. The summed E-state index contributed by atoms with van der Waals surface area (Å²) in [6.07, 6.45) is 3.84. The minimum absolute atomic E-state index is 0.0907. The molecule has 144 valence electrons. The van der Waals surface area contributed by atoms with Gasteiger partial charge in [0, 0.05) is 19.7 Å². The molecule has 4 rings (SSSR count). The molecule has 0 spiro atoms. The third-order valence-corrected chi connectivity index (χ3v) is 5.66. The molecule has 3 heterocycles. The SMILES string of the molecule is CC1CCCN(C2=C(c3ccc(F)cc3)C(=O)N(CC3CCCO3)C2=O)C1. The number of rotatable bonds is 4. The highest BCUT2D eigenvalue weighted by Gasteiger charge is 2.43. The Hall–Kier alpha value is -2.21. The lowest BCUT2D eigenvalue weighted by molar-refractivity contribution is -0.139. The zero-order chi connectivity index (χ0) is 19.0. The van der Waals surface area contributed by atoms with Gasteiger partial charge < -0.3 is 9.64 Å². The van der Waals surface area contributed by atoms with Crippen molar-refractivity contribution in [2.75, 3.05) is 26.2 Å². The van der Waals surface area contributed by atoms with Crippen molar-refractivity contribution in [3.63, 3.8) is 0 Å². The lowest BCUT2D eigenvalue weighted by Crippen LogP contribution is -2.41. The molecule has 2 atom stereocenters. The van der Waals surface area contributed by atoms with Crippen LogP contribution in [0.2, 0.25) is 0 Å². The van der Waals surface area contributed by atoms with Crippen LogP contribution in [0.25, 0.3) is 5.57 Å². The first-order valence-corrected chi connectivity index (χ1v) is 9.77. The number of imide groups is 1. The van der Waals surface area contributed by atoms with Crippen molar-refractivity contribution in [3.05, 3.63) is 41.3 Å². The Morgan fingerprint density at radius 2 is 1.89 bits per heavy atom. The number of benzene rings is 1. The van der Waals surface area contributed by atoms with Gasteiger partial charge in [0.05, 0.1) is 18.2 Å². The first kappa shape index (κ1) is 18.2. The quantitative estimate of drug-likeness (QED) is 0.763. The van der Waals surface area contributed by atoms with Crippen LogP contribution in [0.5, 0.6) is 0 Å². The average molecular weight is 372 g/mol. The lowest BCUT2D eigenvalue weighted by Gasteiger charge is -2.33. The van der Waals surface area contributed by atoms with Crippen molar-refractivity contribution in [1.82, 2.24) is 9.80 Å². The Balaban J connectivity index is 1.70. The molecule has 0 aliphatic carbocycles. The zero-order valence-electron chi connectivity index (χ0n) is 15.6. The molecule has 0 aromatic heterocycles. The maximum Gasteiger partial charge on any atom is 0.277 e. The minimum Gasteiger partial charge on any atom is -0.376 e. The fourth-order valence-corrected chi connectivity index (χ4v) is 4.28. The van der Waals surface area contributed by atoms with Gasteiger partial charge in [-0.25, -0.2) is 4.39 Å². The standard InChI is InChI=1S/C21H25FN2O3/c1-14-4-2-10-23(12-14)19-18(15-6-8-16(22)9-7-15)20(25)24(21(19)26)13-17-5-3-11-27-17/h6-9,14,17H,2-5,10-13H2,1H3. The molecule has 0 bridgehead atoms. The summed E-state index contributed by atoms with van der Waals surface area (Å²) in [6.45, 7) is 4.64. The van der Waals surface area contributed by atoms with Crippen molar-refractivity contribution < 1.29 is 18.7 Å². The molecule has 3 aliphatic heterocycles. The second-order valence-corrected chi connectivity index (χ2v) is 7.78. The molecule has 0 saturated carbocycles. The summed E-state index contributed by atoms with van der Waals surface area (Å²) in [7, 11) is 0. The predicted molar refractivity (Wildman–Crippen MR) is 99.0 cm³/mol. The van der Waals surface area contributed by atoms with Crippen molar-refractivity contribution in [2.45, 2.75) is 38.7 Å². The second kappa shape index (κ2) is 7.43. The van der Waals surface area contributed by atoms with E-state index in [-0.39, 0.29) is 30.3 Å². The number of hydrogen-bond donors (Lipinski definition) is 0. The molecule has 1 aromatic rings. The topological polar surface area (TPSA) is 49.9 Å². The maximum atomic E-state index is 13.4. The third-order valence-electron chi connectivity index (χ3n) is 5.66. The second-order valence-electron chi connectivity index (χ2n) is 7.78. The lowest BCUT2D eigenvalue weighted by atomic mass is 9.98. The van der Waals surface area contributed by atoms with Gasteiger partial charge >= 0.3 is 0 Å². The monoisotopic (exact) mass is 372 g/mol. The van der Waals surface area contributed by atoms with Gasteiger partial charge in [-0.3, -0.25) is 14.5 Å². The van der Waals surface area contributed by atoms with E-state index in [1.54, 1.807) is 12.1 Å². The molecule has 2 amide bonds. The van der Waals surface area contributed by atoms with Gasteiger partial charge in [-0.05, 0) is 49.3 Å². The molecule has 6 heteroatoms. The van der Waals surface area contributed by atoms with E-state index >= 15 is 0 Å². The normalized spacial score (nSPS) is 26.4. The van der Waals surface area contributed by atoms with E-state index in [2.05, 4.69) is 6.92 Å². The molecule has 2 saturated heterocycles. The summed E-state index contributed by atoms with van der Waals surface area (Å²) in [4.78, 5) is 29.8. The van der Waals surface area contributed by atoms with E-state index in [4.69, 9.17) is 4.74 Å². The number of amides is 2. The van der Waals surface area contributed by atoms with Crippen LogP contribution >= 0.6 is 0 Å². The molecular weight excluding hydrogens is 347 g/mol. The van der Waals surface area contributed by atoms with Gasteiger partial charge in [0.2, 0.25) is 0 Å². The predicted octanol–water partition coefficient (Wildman–Crippen LogP) is 2.82. The zero-order valence-corrected chi connectivity index (χ0v) is 15.6. The Kier molecular flexibility index (Phi) is 5.00. The van der Waals surface area contributed by atoms with Crippen LogP contribution in [0.15, 0.2) is 30.0 Å². The largest absolute Gasteiger partial charge is 0.376 e. The molecule has 2 unspecified atom stereocenters. The van der Waals surface area contributed by atoms with Crippen molar-refractivity contribution in [2.24, 2.45) is 5.92 Å². The molecule has 5 nitrogen and oxygen atoms in total. The Morgan fingerprint density at radius 3 is 2.56 bits per heavy atom. The van der Waals surface area contributed by atoms with Crippen molar-refractivity contribution >= 4 is 17.4 Å². The first-order chi connectivity index (χ1) is 13.0. The highest BCUT2D eigenvalue weighted by atomic mass is 19.1. The first-order valence-electron chi connectivity index (χ1n) is 9.77. The van der Waals surface area contributed by atoms with Crippen LogP contribution in [0.3, 0.4) is 0 Å². The molecule has 0 radical (unpaired) electrons. The van der Waals surface area contributed by atoms with Crippen LogP contribution in [0.1, 0.15) is 38.2 Å². The van der Waals surface area contributed by atoms with E-state index in [9.17, 15) is 14.0 Å². The van der Waals surface area contributed by atoms with Crippen LogP contribution in [-0.2, 0) is 14.3 Å². The maximum absolute atomic E-state index is 13.4. The number of ether oxygens (including phenoxy) is 1. The molecule has 2 fully saturated rings. The van der Waals surface area contributed by atoms with Gasteiger partial charge in [-0.15, -0.1) is 0 Å². The van der Waals surface area contributed by atoms with Crippen molar-refractivity contribution in [1.29, 1.82) is 0 Å². The Morgan fingerprint density at radius 1 is 1.11 bits per heavy atom. The van der Waals surface area contributed by atoms with Crippen LogP contribution in [0.4, 0.5) is 4.39 Å². The fourth-order valence-electron chi connectivity index (χ4n) is 4.28. The van der Waals surface area contributed by atoms with Gasteiger partial charge in [-0.1, -0.05) is 19.1 Å². The Labute approximate surface area is 158 Å². The summed E-state index contributed by atoms with van der Waals surface area (Å²) in [5, 5.41) is 0.